The number of nitrogens with two attached hydrogens (primary N) is 1. The molecule has 4 N–H and O–H groups in total. The average molecular weight is 244 g/mol. The number of nitrogens with one attached hydrogen (secondary N) is 1. The SMILES string of the molecule is CCC[C@H](N)C(=O)NCC(CC)(CC)C(=O)O. The summed E-state index contributed by atoms with van der Waals surface area (Å²) in [5.74, 6) is -1.13. The number of aliphatic carboxylic acids is 1. The highest BCUT2D eigenvalue weighted by molar-refractivity contribution is 5.82. The van der Waals surface area contributed by atoms with E-state index < -0.39 is 17.4 Å². The summed E-state index contributed by atoms with van der Waals surface area (Å²) in [5.41, 5.74) is 4.78. The van der Waals surface area contributed by atoms with Gasteiger partial charge in [0.15, 0.2) is 0 Å². The molecule has 1 amide bonds. The van der Waals surface area contributed by atoms with E-state index in [1.54, 1.807) is 0 Å². The molecule has 0 aromatic heterocycles. The van der Waals surface area contributed by atoms with Gasteiger partial charge in [0, 0.05) is 6.54 Å². The molecule has 0 heterocycles. The molecule has 0 saturated heterocycles. The molecule has 0 spiro atoms. The van der Waals surface area contributed by atoms with Crippen LogP contribution in [0.25, 0.3) is 0 Å². The Morgan fingerprint density at radius 2 is 1.82 bits per heavy atom. The lowest BCUT2D eigenvalue weighted by atomic mass is 9.82. The summed E-state index contributed by atoms with van der Waals surface area (Å²) in [5, 5.41) is 11.8. The zero-order valence-electron chi connectivity index (χ0n) is 11.0. The molecule has 5 heteroatoms. The molecule has 0 aromatic rings. The number of amides is 1. The fraction of sp³-hybridized carbons (Fsp3) is 0.833. The Balaban J connectivity index is 4.41. The summed E-state index contributed by atoms with van der Waals surface area (Å²) in [6.07, 6.45) is 2.43. The van der Waals surface area contributed by atoms with Crippen LogP contribution in [0.15, 0.2) is 0 Å². The molecule has 1 atom stereocenters. The monoisotopic (exact) mass is 244 g/mol. The molecule has 0 aromatic carbocycles. The summed E-state index contributed by atoms with van der Waals surface area (Å²) < 4.78 is 0. The van der Waals surface area contributed by atoms with Crippen LogP contribution in [-0.4, -0.2) is 29.6 Å². The molecule has 0 aliphatic heterocycles. The van der Waals surface area contributed by atoms with E-state index in [1.807, 2.05) is 20.8 Å². The first-order valence-electron chi connectivity index (χ1n) is 6.20. The minimum Gasteiger partial charge on any atom is -0.481 e. The van der Waals surface area contributed by atoms with Crippen LogP contribution >= 0.6 is 0 Å². The molecule has 5 nitrogen and oxygen atoms in total. The summed E-state index contributed by atoms with van der Waals surface area (Å²) in [6.45, 7) is 5.73. The van der Waals surface area contributed by atoms with Crippen LogP contribution in [0.5, 0.6) is 0 Å². The zero-order valence-corrected chi connectivity index (χ0v) is 11.0. The maximum atomic E-state index is 11.6. The van der Waals surface area contributed by atoms with Gasteiger partial charge in [0.2, 0.25) is 5.91 Å². The lowest BCUT2D eigenvalue weighted by Gasteiger charge is -2.27. The van der Waals surface area contributed by atoms with Gasteiger partial charge in [-0.2, -0.15) is 0 Å². The molecular formula is C12H24N2O3. The van der Waals surface area contributed by atoms with Gasteiger partial charge in [-0.1, -0.05) is 27.2 Å². The Kier molecular flexibility index (Phi) is 6.80. The highest BCUT2D eigenvalue weighted by atomic mass is 16.4. The first-order chi connectivity index (χ1) is 7.93. The third kappa shape index (κ3) is 4.34. The van der Waals surface area contributed by atoms with Crippen LogP contribution in [-0.2, 0) is 9.59 Å². The Morgan fingerprint density at radius 3 is 2.18 bits per heavy atom. The van der Waals surface area contributed by atoms with Crippen molar-refractivity contribution in [2.45, 2.75) is 52.5 Å². The third-order valence-electron chi connectivity index (χ3n) is 3.34. The van der Waals surface area contributed by atoms with Crippen molar-refractivity contribution < 1.29 is 14.7 Å². The van der Waals surface area contributed by atoms with Crippen molar-refractivity contribution >= 4 is 11.9 Å². The predicted molar refractivity (Wildman–Crippen MR) is 66.5 cm³/mol. The van der Waals surface area contributed by atoms with Gasteiger partial charge in [-0.3, -0.25) is 9.59 Å². The number of carboxylic acid groups (broad SMARTS) is 1. The highest BCUT2D eigenvalue weighted by Gasteiger charge is 2.35. The van der Waals surface area contributed by atoms with Gasteiger partial charge < -0.3 is 16.2 Å². The van der Waals surface area contributed by atoms with E-state index in [-0.39, 0.29) is 12.5 Å². The quantitative estimate of drug-likeness (QED) is 0.596. The molecule has 0 fully saturated rings. The van der Waals surface area contributed by atoms with Crippen molar-refractivity contribution in [3.8, 4) is 0 Å². The van der Waals surface area contributed by atoms with Gasteiger partial charge in [0.25, 0.3) is 0 Å². The Morgan fingerprint density at radius 1 is 1.29 bits per heavy atom. The van der Waals surface area contributed by atoms with Crippen molar-refractivity contribution in [2.75, 3.05) is 6.54 Å². The lowest BCUT2D eigenvalue weighted by Crippen LogP contribution is -2.47. The zero-order chi connectivity index (χ0) is 13.5. The van der Waals surface area contributed by atoms with Crippen LogP contribution in [0, 0.1) is 5.41 Å². The van der Waals surface area contributed by atoms with E-state index >= 15 is 0 Å². The van der Waals surface area contributed by atoms with Crippen LogP contribution in [0.4, 0.5) is 0 Å². The number of carbonyl (C=O) groups is 2. The number of rotatable bonds is 8. The first kappa shape index (κ1) is 15.9. The number of carbonyl (C=O) groups excluding carboxylic acids is 1. The average Bonchev–Trinajstić information content (AvgIpc) is 2.30. The molecule has 100 valence electrons. The first-order valence-corrected chi connectivity index (χ1v) is 6.20. The maximum Gasteiger partial charge on any atom is 0.311 e. The largest absolute Gasteiger partial charge is 0.481 e. The van der Waals surface area contributed by atoms with E-state index in [2.05, 4.69) is 5.32 Å². The van der Waals surface area contributed by atoms with Crippen LogP contribution in [0.1, 0.15) is 46.5 Å². The van der Waals surface area contributed by atoms with Crippen LogP contribution < -0.4 is 11.1 Å². The molecule has 17 heavy (non-hydrogen) atoms. The Hall–Kier alpha value is -1.10. The van der Waals surface area contributed by atoms with Gasteiger partial charge in [-0.15, -0.1) is 0 Å². The molecule has 0 unspecified atom stereocenters. The van der Waals surface area contributed by atoms with Crippen LogP contribution in [0.2, 0.25) is 0 Å². The van der Waals surface area contributed by atoms with Crippen molar-refractivity contribution in [3.05, 3.63) is 0 Å². The molecule has 0 aliphatic rings. The van der Waals surface area contributed by atoms with Crippen molar-refractivity contribution in [2.24, 2.45) is 11.1 Å². The van der Waals surface area contributed by atoms with Crippen molar-refractivity contribution in [1.82, 2.24) is 5.32 Å². The molecule has 0 aliphatic carbocycles. The fourth-order valence-corrected chi connectivity index (χ4v) is 1.71. The third-order valence-corrected chi connectivity index (χ3v) is 3.34. The van der Waals surface area contributed by atoms with Crippen molar-refractivity contribution in [3.63, 3.8) is 0 Å². The summed E-state index contributed by atoms with van der Waals surface area (Å²) in [4.78, 5) is 22.8. The van der Waals surface area contributed by atoms with Gasteiger partial charge in [-0.25, -0.2) is 0 Å². The van der Waals surface area contributed by atoms with Gasteiger partial charge in [0.1, 0.15) is 0 Å². The van der Waals surface area contributed by atoms with E-state index in [4.69, 9.17) is 5.73 Å². The Labute approximate surface area is 103 Å². The minimum atomic E-state index is -0.873. The van der Waals surface area contributed by atoms with Gasteiger partial charge in [0.05, 0.1) is 11.5 Å². The van der Waals surface area contributed by atoms with E-state index in [1.165, 1.54) is 0 Å². The predicted octanol–water partition coefficient (Wildman–Crippen LogP) is 1.12. The standard InChI is InChI=1S/C12H24N2O3/c1-4-7-9(13)10(15)14-8-12(5-2,6-3)11(16)17/h9H,4-8,13H2,1-3H3,(H,14,15)(H,16,17)/t9-/m0/s1. The summed E-state index contributed by atoms with van der Waals surface area (Å²) in [6, 6.07) is -0.541. The van der Waals surface area contributed by atoms with Crippen molar-refractivity contribution in [1.29, 1.82) is 0 Å². The van der Waals surface area contributed by atoms with E-state index in [0.717, 1.165) is 6.42 Å². The van der Waals surface area contributed by atoms with Gasteiger partial charge in [-0.05, 0) is 19.3 Å². The minimum absolute atomic E-state index is 0.144. The molecule has 0 bridgehead atoms. The maximum absolute atomic E-state index is 11.6. The lowest BCUT2D eigenvalue weighted by molar-refractivity contribution is -0.149. The normalized spacial score (nSPS) is 13.2. The molecule has 0 rings (SSSR count). The second-order valence-corrected chi connectivity index (χ2v) is 4.41. The van der Waals surface area contributed by atoms with E-state index in [0.29, 0.717) is 19.3 Å². The molecule has 0 radical (unpaired) electrons. The summed E-state index contributed by atoms with van der Waals surface area (Å²) >= 11 is 0. The number of carboxylic acids is 1. The molecule has 0 saturated carbocycles. The smallest absolute Gasteiger partial charge is 0.311 e. The number of hydrogen-bond acceptors (Lipinski definition) is 3. The summed E-state index contributed by atoms with van der Waals surface area (Å²) in [7, 11) is 0. The fourth-order valence-electron chi connectivity index (χ4n) is 1.71. The Bertz CT molecular complexity index is 262. The van der Waals surface area contributed by atoms with E-state index in [9.17, 15) is 14.7 Å². The van der Waals surface area contributed by atoms with Gasteiger partial charge >= 0.3 is 5.97 Å². The molecular weight excluding hydrogens is 220 g/mol. The topological polar surface area (TPSA) is 92.4 Å². The number of hydrogen-bond donors (Lipinski definition) is 3. The highest BCUT2D eigenvalue weighted by Crippen LogP contribution is 2.25. The second-order valence-electron chi connectivity index (χ2n) is 4.41. The second kappa shape index (κ2) is 7.27. The van der Waals surface area contributed by atoms with Crippen LogP contribution in [0.3, 0.4) is 0 Å².